The molecule has 1 fully saturated rings. The summed E-state index contributed by atoms with van der Waals surface area (Å²) in [5, 5.41) is 18.6. The lowest BCUT2D eigenvalue weighted by Crippen LogP contribution is -2.24. The molecule has 0 amide bonds. The fourth-order valence-corrected chi connectivity index (χ4v) is 2.67. The predicted molar refractivity (Wildman–Crippen MR) is 69.9 cm³/mol. The molecule has 1 aliphatic heterocycles. The molecule has 4 nitrogen and oxygen atoms in total. The van der Waals surface area contributed by atoms with E-state index >= 15 is 0 Å². The molecule has 0 saturated carbocycles. The molecule has 0 spiro atoms. The smallest absolute Gasteiger partial charge is 0.120 e. The number of aromatic nitrogens is 1. The van der Waals surface area contributed by atoms with Crippen molar-refractivity contribution < 1.29 is 5.11 Å². The van der Waals surface area contributed by atoms with Crippen LogP contribution in [0.3, 0.4) is 0 Å². The second-order valence-electron chi connectivity index (χ2n) is 5.34. The van der Waals surface area contributed by atoms with E-state index in [-0.39, 0.29) is 6.10 Å². The van der Waals surface area contributed by atoms with Crippen LogP contribution in [0.2, 0.25) is 0 Å². The first-order valence-electron chi connectivity index (χ1n) is 6.48. The SMILES string of the molecule is Cc1c(CN2CCC(C(C)O)C2)cc(C#N)n1C. The summed E-state index contributed by atoms with van der Waals surface area (Å²) in [5.41, 5.74) is 3.10. The van der Waals surface area contributed by atoms with E-state index < -0.39 is 0 Å². The average Bonchev–Trinajstić information content (AvgIpc) is 2.90. The third-order valence-corrected chi connectivity index (χ3v) is 4.14. The number of likely N-dealkylation sites (tertiary alicyclic amines) is 1. The zero-order valence-electron chi connectivity index (χ0n) is 11.3. The molecule has 18 heavy (non-hydrogen) atoms. The second-order valence-corrected chi connectivity index (χ2v) is 5.34. The Morgan fingerprint density at radius 2 is 2.33 bits per heavy atom. The highest BCUT2D eigenvalue weighted by Gasteiger charge is 2.26. The Morgan fingerprint density at radius 1 is 1.61 bits per heavy atom. The van der Waals surface area contributed by atoms with Gasteiger partial charge in [-0.25, -0.2) is 0 Å². The molecule has 1 aromatic rings. The van der Waals surface area contributed by atoms with Crippen LogP contribution in [0.15, 0.2) is 6.07 Å². The van der Waals surface area contributed by atoms with Gasteiger partial charge in [-0.1, -0.05) is 0 Å². The van der Waals surface area contributed by atoms with Crippen LogP contribution in [-0.2, 0) is 13.6 Å². The van der Waals surface area contributed by atoms with E-state index in [4.69, 9.17) is 5.26 Å². The van der Waals surface area contributed by atoms with Crippen LogP contribution in [0.4, 0.5) is 0 Å². The molecule has 2 unspecified atom stereocenters. The molecule has 1 aromatic heterocycles. The molecule has 1 N–H and O–H groups in total. The average molecular weight is 247 g/mol. The first-order chi connectivity index (χ1) is 8.52. The molecular formula is C14H21N3O. The van der Waals surface area contributed by atoms with Gasteiger partial charge in [-0.15, -0.1) is 0 Å². The Balaban J connectivity index is 2.05. The zero-order valence-corrected chi connectivity index (χ0v) is 11.3. The van der Waals surface area contributed by atoms with Gasteiger partial charge in [0.25, 0.3) is 0 Å². The molecule has 4 heteroatoms. The van der Waals surface area contributed by atoms with E-state index in [0.717, 1.165) is 31.7 Å². The van der Waals surface area contributed by atoms with Crippen molar-refractivity contribution in [1.29, 1.82) is 5.26 Å². The molecule has 1 saturated heterocycles. The van der Waals surface area contributed by atoms with Gasteiger partial charge in [0.2, 0.25) is 0 Å². The largest absolute Gasteiger partial charge is 0.393 e. The van der Waals surface area contributed by atoms with Gasteiger partial charge in [0.15, 0.2) is 0 Å². The minimum atomic E-state index is -0.221. The summed E-state index contributed by atoms with van der Waals surface area (Å²) < 4.78 is 1.94. The van der Waals surface area contributed by atoms with Gasteiger partial charge in [-0.3, -0.25) is 4.90 Å². The highest BCUT2D eigenvalue weighted by Crippen LogP contribution is 2.23. The van der Waals surface area contributed by atoms with Crippen LogP contribution in [0, 0.1) is 24.2 Å². The summed E-state index contributed by atoms with van der Waals surface area (Å²) in [7, 11) is 1.93. The van der Waals surface area contributed by atoms with Crippen LogP contribution in [0.5, 0.6) is 0 Å². The van der Waals surface area contributed by atoms with Gasteiger partial charge in [0.1, 0.15) is 11.8 Å². The molecule has 0 aliphatic carbocycles. The summed E-state index contributed by atoms with van der Waals surface area (Å²) in [4.78, 5) is 2.36. The molecule has 0 radical (unpaired) electrons. The number of aliphatic hydroxyl groups excluding tert-OH is 1. The van der Waals surface area contributed by atoms with Crippen molar-refractivity contribution in [2.75, 3.05) is 13.1 Å². The number of aliphatic hydroxyl groups is 1. The maximum absolute atomic E-state index is 9.60. The van der Waals surface area contributed by atoms with Gasteiger partial charge in [-0.05, 0) is 44.4 Å². The molecule has 0 aromatic carbocycles. The summed E-state index contributed by atoms with van der Waals surface area (Å²) >= 11 is 0. The fourth-order valence-electron chi connectivity index (χ4n) is 2.67. The first-order valence-corrected chi connectivity index (χ1v) is 6.48. The summed E-state index contributed by atoms with van der Waals surface area (Å²) in [6.07, 6.45) is 0.843. The van der Waals surface area contributed by atoms with Gasteiger partial charge in [0, 0.05) is 25.8 Å². The molecule has 98 valence electrons. The van der Waals surface area contributed by atoms with E-state index in [1.807, 2.05) is 24.6 Å². The lowest BCUT2D eigenvalue weighted by atomic mass is 10.0. The molecule has 2 rings (SSSR count). The van der Waals surface area contributed by atoms with Gasteiger partial charge in [0.05, 0.1) is 6.10 Å². The Labute approximate surface area is 108 Å². The monoisotopic (exact) mass is 247 g/mol. The minimum absolute atomic E-state index is 0.221. The normalized spacial score (nSPS) is 22.1. The highest BCUT2D eigenvalue weighted by atomic mass is 16.3. The number of nitriles is 1. The fraction of sp³-hybridized carbons (Fsp3) is 0.643. The Kier molecular flexibility index (Phi) is 3.74. The van der Waals surface area contributed by atoms with Crippen molar-refractivity contribution in [2.45, 2.75) is 32.9 Å². The topological polar surface area (TPSA) is 52.2 Å². The first kappa shape index (κ1) is 13.1. The van der Waals surface area contributed by atoms with Crippen LogP contribution in [-0.4, -0.2) is 33.8 Å². The molecule has 1 aliphatic rings. The van der Waals surface area contributed by atoms with E-state index in [2.05, 4.69) is 17.9 Å². The standard InChI is InChI=1S/C14H21N3O/c1-10-13(6-14(7-15)16(10)3)9-17-5-4-12(8-17)11(2)18/h6,11-12,18H,4-5,8-9H2,1-3H3. The van der Waals surface area contributed by atoms with Gasteiger partial charge >= 0.3 is 0 Å². The summed E-state index contributed by atoms with van der Waals surface area (Å²) in [5.74, 6) is 0.393. The van der Waals surface area contributed by atoms with Crippen molar-refractivity contribution in [3.05, 3.63) is 23.0 Å². The van der Waals surface area contributed by atoms with Gasteiger partial charge in [-0.2, -0.15) is 5.26 Å². The zero-order chi connectivity index (χ0) is 13.3. The Bertz CT molecular complexity index is 470. The van der Waals surface area contributed by atoms with Crippen molar-refractivity contribution >= 4 is 0 Å². The highest BCUT2D eigenvalue weighted by molar-refractivity contribution is 5.34. The molecular weight excluding hydrogens is 226 g/mol. The maximum Gasteiger partial charge on any atom is 0.120 e. The maximum atomic E-state index is 9.60. The van der Waals surface area contributed by atoms with Crippen molar-refractivity contribution in [3.63, 3.8) is 0 Å². The van der Waals surface area contributed by atoms with E-state index in [9.17, 15) is 5.11 Å². The predicted octanol–water partition coefficient (Wildman–Crippen LogP) is 1.41. The lowest BCUT2D eigenvalue weighted by molar-refractivity contribution is 0.127. The number of hydrogen-bond donors (Lipinski definition) is 1. The van der Waals surface area contributed by atoms with Crippen molar-refractivity contribution in [2.24, 2.45) is 13.0 Å². The van der Waals surface area contributed by atoms with Crippen LogP contribution in [0.25, 0.3) is 0 Å². The molecule has 0 bridgehead atoms. The summed E-state index contributed by atoms with van der Waals surface area (Å²) in [6.45, 7) is 6.79. The van der Waals surface area contributed by atoms with Gasteiger partial charge < -0.3 is 9.67 Å². The van der Waals surface area contributed by atoms with Crippen LogP contribution >= 0.6 is 0 Å². The van der Waals surface area contributed by atoms with E-state index in [0.29, 0.717) is 11.6 Å². The van der Waals surface area contributed by atoms with Crippen LogP contribution < -0.4 is 0 Å². The summed E-state index contributed by atoms with van der Waals surface area (Å²) in [6, 6.07) is 4.19. The number of nitrogens with zero attached hydrogens (tertiary/aromatic N) is 3. The lowest BCUT2D eigenvalue weighted by Gasteiger charge is -2.17. The Morgan fingerprint density at radius 3 is 2.83 bits per heavy atom. The third-order valence-electron chi connectivity index (χ3n) is 4.14. The number of rotatable bonds is 3. The van der Waals surface area contributed by atoms with E-state index in [1.165, 1.54) is 5.56 Å². The minimum Gasteiger partial charge on any atom is -0.393 e. The van der Waals surface area contributed by atoms with Crippen molar-refractivity contribution in [3.8, 4) is 6.07 Å². The number of hydrogen-bond acceptors (Lipinski definition) is 3. The molecule has 2 heterocycles. The second kappa shape index (κ2) is 5.13. The van der Waals surface area contributed by atoms with Crippen LogP contribution in [0.1, 0.15) is 30.3 Å². The molecule has 2 atom stereocenters. The quantitative estimate of drug-likeness (QED) is 0.878. The van der Waals surface area contributed by atoms with Crippen molar-refractivity contribution in [1.82, 2.24) is 9.47 Å². The third kappa shape index (κ3) is 2.43. The van der Waals surface area contributed by atoms with E-state index in [1.54, 1.807) is 0 Å². The Hall–Kier alpha value is -1.31.